The monoisotopic (exact) mass is 215 g/mol. The fourth-order valence-corrected chi connectivity index (χ4v) is 1.05. The Morgan fingerprint density at radius 2 is 2.21 bits per heavy atom. The molecule has 2 nitrogen and oxygen atoms in total. The van der Waals surface area contributed by atoms with Crippen molar-refractivity contribution in [2.45, 2.75) is 19.2 Å². The summed E-state index contributed by atoms with van der Waals surface area (Å²) in [5.41, 5.74) is 1.26. The van der Waals surface area contributed by atoms with E-state index in [0.717, 1.165) is 0 Å². The van der Waals surface area contributed by atoms with Gasteiger partial charge in [-0.25, -0.2) is 4.39 Å². The second-order valence-corrected chi connectivity index (χ2v) is 3.72. The summed E-state index contributed by atoms with van der Waals surface area (Å²) in [7, 11) is 0. The first-order chi connectivity index (χ1) is 6.50. The molecule has 14 heavy (non-hydrogen) atoms. The second kappa shape index (κ2) is 4.42. The van der Waals surface area contributed by atoms with E-state index in [4.69, 9.17) is 11.6 Å². The number of benzene rings is 1. The van der Waals surface area contributed by atoms with Gasteiger partial charge in [0.15, 0.2) is 0 Å². The van der Waals surface area contributed by atoms with Crippen molar-refractivity contribution in [3.8, 4) is 0 Å². The van der Waals surface area contributed by atoms with Crippen LogP contribution in [0.1, 0.15) is 12.5 Å². The fraction of sp³-hybridized carbons (Fsp3) is 0.300. The Hall–Kier alpha value is -1.09. The van der Waals surface area contributed by atoms with E-state index in [1.54, 1.807) is 13.8 Å². The lowest BCUT2D eigenvalue weighted by atomic mass is 10.2. The number of hydrogen-bond acceptors (Lipinski definition) is 1. The molecule has 1 N–H and O–H groups in total. The van der Waals surface area contributed by atoms with Gasteiger partial charge in [-0.15, -0.1) is 11.6 Å². The molecule has 0 fully saturated rings. The van der Waals surface area contributed by atoms with Crippen LogP contribution in [-0.2, 0) is 4.79 Å². The lowest BCUT2D eigenvalue weighted by Gasteiger charge is -2.08. The maximum atomic E-state index is 12.7. The van der Waals surface area contributed by atoms with E-state index >= 15 is 0 Å². The number of carbonyl (C=O) groups is 1. The van der Waals surface area contributed by atoms with Gasteiger partial charge < -0.3 is 5.32 Å². The molecule has 0 aliphatic carbocycles. The summed E-state index contributed by atoms with van der Waals surface area (Å²) in [5, 5.41) is 2.00. The Labute approximate surface area is 87.1 Å². The molecule has 0 saturated heterocycles. The molecule has 0 radical (unpaired) electrons. The van der Waals surface area contributed by atoms with Crippen LogP contribution in [0.4, 0.5) is 10.1 Å². The molecule has 4 heteroatoms. The third kappa shape index (κ3) is 2.70. The van der Waals surface area contributed by atoms with Crippen LogP contribution in [-0.4, -0.2) is 11.3 Å². The van der Waals surface area contributed by atoms with Crippen LogP contribution >= 0.6 is 11.6 Å². The molecule has 0 aliphatic heterocycles. The smallest absolute Gasteiger partial charge is 0.242 e. The van der Waals surface area contributed by atoms with E-state index in [0.29, 0.717) is 11.3 Å². The van der Waals surface area contributed by atoms with E-state index in [1.807, 2.05) is 0 Å². The molecule has 0 heterocycles. The second-order valence-electron chi connectivity index (χ2n) is 3.06. The highest BCUT2D eigenvalue weighted by molar-refractivity contribution is 6.32. The summed E-state index contributed by atoms with van der Waals surface area (Å²) in [6.07, 6.45) is 0. The highest BCUT2D eigenvalue weighted by Crippen LogP contribution is 2.16. The van der Waals surface area contributed by atoms with Gasteiger partial charge in [0.1, 0.15) is 11.2 Å². The van der Waals surface area contributed by atoms with E-state index in [-0.39, 0.29) is 11.7 Å². The SMILES string of the molecule is Cc1cc(F)ccc1NC(=O)[C@H](C)Cl. The molecule has 0 saturated carbocycles. The molecule has 1 rings (SSSR count). The first kappa shape index (κ1) is 11.0. The van der Waals surface area contributed by atoms with Crippen molar-refractivity contribution in [3.05, 3.63) is 29.6 Å². The number of aryl methyl sites for hydroxylation is 1. The van der Waals surface area contributed by atoms with Gasteiger partial charge in [0.25, 0.3) is 0 Å². The first-order valence-electron chi connectivity index (χ1n) is 4.22. The molecule has 0 spiro atoms. The number of hydrogen-bond donors (Lipinski definition) is 1. The van der Waals surface area contributed by atoms with Gasteiger partial charge >= 0.3 is 0 Å². The fourth-order valence-electron chi connectivity index (χ4n) is 1.000. The molecular formula is C10H11ClFNO. The minimum absolute atomic E-state index is 0.290. The Bertz CT molecular complexity index is 352. The van der Waals surface area contributed by atoms with Crippen LogP contribution in [0.25, 0.3) is 0 Å². The Balaban J connectivity index is 2.82. The number of carbonyl (C=O) groups excluding carboxylic acids is 1. The maximum Gasteiger partial charge on any atom is 0.242 e. The van der Waals surface area contributed by atoms with Crippen molar-refractivity contribution in [2.75, 3.05) is 5.32 Å². The average molecular weight is 216 g/mol. The van der Waals surface area contributed by atoms with Crippen LogP contribution in [0.5, 0.6) is 0 Å². The summed E-state index contributed by atoms with van der Waals surface area (Å²) in [5.74, 6) is -0.610. The van der Waals surface area contributed by atoms with Crippen LogP contribution in [0.15, 0.2) is 18.2 Å². The van der Waals surface area contributed by atoms with Crippen molar-refractivity contribution in [2.24, 2.45) is 0 Å². The standard InChI is InChI=1S/C10H11ClFNO/c1-6-5-8(12)3-4-9(6)13-10(14)7(2)11/h3-5,7H,1-2H3,(H,13,14)/t7-/m0/s1. The number of anilines is 1. The molecule has 0 aromatic heterocycles. The van der Waals surface area contributed by atoms with E-state index < -0.39 is 5.38 Å². The zero-order valence-electron chi connectivity index (χ0n) is 7.97. The number of nitrogens with one attached hydrogen (secondary N) is 1. The predicted molar refractivity (Wildman–Crippen MR) is 55.1 cm³/mol. The lowest BCUT2D eigenvalue weighted by molar-refractivity contribution is -0.115. The van der Waals surface area contributed by atoms with Gasteiger partial charge in [-0.1, -0.05) is 0 Å². The molecule has 1 aromatic rings. The van der Waals surface area contributed by atoms with Gasteiger partial charge in [0.2, 0.25) is 5.91 Å². The van der Waals surface area contributed by atoms with Crippen molar-refractivity contribution in [1.29, 1.82) is 0 Å². The minimum Gasteiger partial charge on any atom is -0.325 e. The minimum atomic E-state index is -0.598. The zero-order chi connectivity index (χ0) is 10.7. The molecule has 0 bridgehead atoms. The zero-order valence-corrected chi connectivity index (χ0v) is 8.73. The molecule has 0 aliphatic rings. The maximum absolute atomic E-state index is 12.7. The summed E-state index contributed by atoms with van der Waals surface area (Å²) in [6.45, 7) is 3.30. The molecule has 0 unspecified atom stereocenters. The summed E-state index contributed by atoms with van der Waals surface area (Å²) in [6, 6.07) is 4.16. The topological polar surface area (TPSA) is 29.1 Å². The van der Waals surface area contributed by atoms with Gasteiger partial charge in [-0.05, 0) is 37.6 Å². The van der Waals surface area contributed by atoms with E-state index in [9.17, 15) is 9.18 Å². The molecular weight excluding hydrogens is 205 g/mol. The normalized spacial score (nSPS) is 12.3. The summed E-state index contributed by atoms with van der Waals surface area (Å²) < 4.78 is 12.7. The molecule has 1 atom stereocenters. The van der Waals surface area contributed by atoms with Crippen LogP contribution in [0, 0.1) is 12.7 Å². The largest absolute Gasteiger partial charge is 0.325 e. The summed E-state index contributed by atoms with van der Waals surface area (Å²) >= 11 is 5.58. The highest BCUT2D eigenvalue weighted by atomic mass is 35.5. The molecule has 76 valence electrons. The van der Waals surface area contributed by atoms with Crippen molar-refractivity contribution in [3.63, 3.8) is 0 Å². The number of amides is 1. The van der Waals surface area contributed by atoms with Gasteiger partial charge in [-0.2, -0.15) is 0 Å². The quantitative estimate of drug-likeness (QED) is 0.756. The number of rotatable bonds is 2. The number of alkyl halides is 1. The third-order valence-corrected chi connectivity index (χ3v) is 2.01. The molecule has 1 amide bonds. The first-order valence-corrected chi connectivity index (χ1v) is 4.65. The average Bonchev–Trinajstić information content (AvgIpc) is 2.09. The van der Waals surface area contributed by atoms with Crippen molar-refractivity contribution < 1.29 is 9.18 Å². The van der Waals surface area contributed by atoms with Crippen LogP contribution in [0.3, 0.4) is 0 Å². The van der Waals surface area contributed by atoms with Gasteiger partial charge in [-0.3, -0.25) is 4.79 Å². The third-order valence-electron chi connectivity index (χ3n) is 1.81. The lowest BCUT2D eigenvalue weighted by Crippen LogP contribution is -2.20. The van der Waals surface area contributed by atoms with Crippen molar-refractivity contribution >= 4 is 23.2 Å². The summed E-state index contributed by atoms with van der Waals surface area (Å²) in [4.78, 5) is 11.2. The van der Waals surface area contributed by atoms with Gasteiger partial charge in [0, 0.05) is 5.69 Å². The van der Waals surface area contributed by atoms with E-state index in [2.05, 4.69) is 5.32 Å². The Morgan fingerprint density at radius 3 is 2.71 bits per heavy atom. The van der Waals surface area contributed by atoms with Crippen molar-refractivity contribution in [1.82, 2.24) is 0 Å². The Kier molecular flexibility index (Phi) is 3.47. The van der Waals surface area contributed by atoms with E-state index in [1.165, 1.54) is 18.2 Å². The van der Waals surface area contributed by atoms with Crippen LogP contribution < -0.4 is 5.32 Å². The predicted octanol–water partition coefficient (Wildman–Crippen LogP) is 2.70. The number of halogens is 2. The highest BCUT2D eigenvalue weighted by Gasteiger charge is 2.10. The Morgan fingerprint density at radius 1 is 1.57 bits per heavy atom. The van der Waals surface area contributed by atoms with Crippen LogP contribution in [0.2, 0.25) is 0 Å². The van der Waals surface area contributed by atoms with Gasteiger partial charge in [0.05, 0.1) is 0 Å². The molecule has 1 aromatic carbocycles.